The fourth-order valence-corrected chi connectivity index (χ4v) is 4.37. The van der Waals surface area contributed by atoms with Crippen molar-refractivity contribution in [2.45, 2.75) is 74.1 Å². The van der Waals surface area contributed by atoms with Gasteiger partial charge in [0, 0.05) is 117 Å². The van der Waals surface area contributed by atoms with E-state index < -0.39 is 0 Å². The number of nitrogens with zero attached hydrogens (tertiary/aromatic N) is 4. The number of aromatic nitrogens is 2. The van der Waals surface area contributed by atoms with Crippen LogP contribution < -0.4 is 21.7 Å². The van der Waals surface area contributed by atoms with E-state index >= 15 is 0 Å². The molecule has 0 radical (unpaired) electrons. The molecular formula is C41H60N9U-. The molecule has 0 amide bonds. The number of benzene rings is 2. The summed E-state index contributed by atoms with van der Waals surface area (Å²) >= 11 is 0. The molecule has 51 heavy (non-hydrogen) atoms. The van der Waals surface area contributed by atoms with Gasteiger partial charge in [0.1, 0.15) is 0 Å². The van der Waals surface area contributed by atoms with E-state index in [9.17, 15) is 0 Å². The molecule has 1 heterocycles. The third-order valence-electron chi connectivity index (χ3n) is 7.68. The smallest absolute Gasteiger partial charge is 0.155 e. The van der Waals surface area contributed by atoms with E-state index in [2.05, 4.69) is 52.8 Å². The summed E-state index contributed by atoms with van der Waals surface area (Å²) in [5.41, 5.74) is 15.7. The Hall–Kier alpha value is -4.13. The Labute approximate surface area is 331 Å². The first-order valence-corrected chi connectivity index (χ1v) is 17.4. The summed E-state index contributed by atoms with van der Waals surface area (Å²) in [5, 5.41) is 22.5. The zero-order valence-electron chi connectivity index (χ0n) is 32.4. The Morgan fingerprint density at radius 3 is 2.22 bits per heavy atom. The number of rotatable bonds is 12. The monoisotopic (exact) mass is 917 g/mol. The van der Waals surface area contributed by atoms with Crippen molar-refractivity contribution in [3.63, 3.8) is 0 Å². The normalized spacial score (nSPS) is 12.3. The number of allylic oxidation sites excluding steroid dienone is 5. The molecule has 1 aliphatic carbocycles. The Balaban J connectivity index is 0.00000132. The van der Waals surface area contributed by atoms with Crippen molar-refractivity contribution < 1.29 is 31.1 Å². The molecule has 0 bridgehead atoms. The topological polar surface area (TPSA) is 128 Å². The van der Waals surface area contributed by atoms with Crippen LogP contribution in [0.15, 0.2) is 99.4 Å². The SMILES string of the molecule is CC.CCC(C)C.CN=C/C(=C\N)C(Nc1cccc(-n2cc(C)c(Nc3ccc(NC)c(C=N)c3)n2)c1)=C1CCC1.[CH-]=C/C(C=NC)=C/C.[U]. The van der Waals surface area contributed by atoms with E-state index in [1.54, 1.807) is 32.7 Å². The maximum absolute atomic E-state index is 7.66. The van der Waals surface area contributed by atoms with Gasteiger partial charge in [-0.15, -0.1) is 5.10 Å². The first-order chi connectivity index (χ1) is 24.2. The maximum Gasteiger partial charge on any atom is 0.155 e. The number of aliphatic imine (C=N–C) groups is 2. The van der Waals surface area contributed by atoms with Gasteiger partial charge >= 0.3 is 0 Å². The standard InChI is InChI=1S/C27H32N8.C7H10N.C5H12.C2H6.U/c1-18-17-35(34-27(18)33-23-10-11-25(31-3)20(12-23)14-28)24-9-5-8-22(13-24)32-26(19-6-4-7-19)21(15-29)16-30-2;1-4-7(5-2)6-8-3;1-4-5(2)3;1-2;/h5,8-17,28,31-32H,4,6-7,29H2,1-3H3,(H,33,34);1,4-6H,2-3H3;5H,4H2,1-3H3;1-2H3;/q;-1;;;/b21-15+,28-14?,30-16?;7-5-,8-6?;;;. The molecule has 0 spiro atoms. The first-order valence-electron chi connectivity index (χ1n) is 17.4. The average molecular weight is 917 g/mol. The molecule has 4 rings (SSSR count). The van der Waals surface area contributed by atoms with Crippen LogP contribution in [0, 0.1) is 55.9 Å². The summed E-state index contributed by atoms with van der Waals surface area (Å²) in [7, 11) is 5.31. The molecule has 1 aliphatic rings. The second-order valence-corrected chi connectivity index (χ2v) is 11.6. The van der Waals surface area contributed by atoms with E-state index in [1.165, 1.54) is 30.7 Å². The maximum atomic E-state index is 7.66. The van der Waals surface area contributed by atoms with Gasteiger partial charge in [-0.3, -0.25) is 11.6 Å². The third-order valence-corrected chi connectivity index (χ3v) is 7.68. The number of nitrogens with two attached hydrogens (primary N) is 1. The molecule has 2 aromatic carbocycles. The minimum Gasteiger partial charge on any atom is -0.404 e. The Bertz CT molecular complexity index is 1640. The van der Waals surface area contributed by atoms with Crippen LogP contribution in [0.5, 0.6) is 0 Å². The van der Waals surface area contributed by atoms with Crippen molar-refractivity contribution in [1.82, 2.24) is 9.78 Å². The van der Waals surface area contributed by atoms with Crippen molar-refractivity contribution in [2.75, 3.05) is 37.1 Å². The molecule has 9 nitrogen and oxygen atoms in total. The number of aryl methyl sites for hydroxylation is 1. The molecule has 10 heteroatoms. The zero-order chi connectivity index (χ0) is 37.5. The van der Waals surface area contributed by atoms with Crippen LogP contribution in [-0.2, 0) is 0 Å². The van der Waals surface area contributed by atoms with Crippen LogP contribution in [0.3, 0.4) is 0 Å². The van der Waals surface area contributed by atoms with Gasteiger partial charge in [-0.2, -0.15) is 11.6 Å². The van der Waals surface area contributed by atoms with Crippen LogP contribution in [0.25, 0.3) is 5.69 Å². The quantitative estimate of drug-likeness (QED) is 0.0703. The molecule has 3 aromatic rings. The van der Waals surface area contributed by atoms with Gasteiger partial charge in [-0.1, -0.05) is 60.2 Å². The summed E-state index contributed by atoms with van der Waals surface area (Å²) in [4.78, 5) is 7.93. The van der Waals surface area contributed by atoms with Gasteiger partial charge in [0.15, 0.2) is 5.82 Å². The van der Waals surface area contributed by atoms with Crippen LogP contribution in [-0.4, -0.2) is 49.6 Å². The Kier molecular flexibility index (Phi) is 24.5. The number of hydrogen-bond acceptors (Lipinski definition) is 8. The van der Waals surface area contributed by atoms with Crippen molar-refractivity contribution in [3.05, 3.63) is 107 Å². The van der Waals surface area contributed by atoms with E-state index in [-0.39, 0.29) is 31.1 Å². The fraction of sp³-hybridized carbons (Fsp3) is 0.366. The molecule has 1 saturated carbocycles. The van der Waals surface area contributed by atoms with Gasteiger partial charge in [-0.25, -0.2) is 10.8 Å². The summed E-state index contributed by atoms with van der Waals surface area (Å²) in [6.07, 6.45) is 16.5. The second-order valence-electron chi connectivity index (χ2n) is 11.6. The molecular weight excluding hydrogens is 857 g/mol. The van der Waals surface area contributed by atoms with E-state index in [0.29, 0.717) is 0 Å². The van der Waals surface area contributed by atoms with Crippen molar-refractivity contribution >= 4 is 41.5 Å². The van der Waals surface area contributed by atoms with Crippen molar-refractivity contribution in [2.24, 2.45) is 21.6 Å². The van der Waals surface area contributed by atoms with Crippen LogP contribution in [0.1, 0.15) is 78.4 Å². The molecule has 0 saturated heterocycles. The second kappa shape index (κ2) is 26.6. The average Bonchev–Trinajstić information content (AvgIpc) is 3.49. The van der Waals surface area contributed by atoms with Crippen LogP contribution in [0.4, 0.5) is 22.9 Å². The largest absolute Gasteiger partial charge is 0.404 e. The third kappa shape index (κ3) is 15.8. The van der Waals surface area contributed by atoms with E-state index in [1.807, 2.05) is 88.1 Å². The van der Waals surface area contributed by atoms with Gasteiger partial charge in [0.25, 0.3) is 0 Å². The zero-order valence-corrected chi connectivity index (χ0v) is 36.6. The summed E-state index contributed by atoms with van der Waals surface area (Å²) in [6, 6.07) is 14.0. The van der Waals surface area contributed by atoms with E-state index in [0.717, 1.165) is 75.3 Å². The van der Waals surface area contributed by atoms with Crippen LogP contribution >= 0.6 is 0 Å². The minimum absolute atomic E-state index is 0. The van der Waals surface area contributed by atoms with Crippen LogP contribution in [0.2, 0.25) is 0 Å². The molecule has 274 valence electrons. The van der Waals surface area contributed by atoms with Gasteiger partial charge in [-0.05, 0) is 74.1 Å². The van der Waals surface area contributed by atoms with Gasteiger partial charge in [0.05, 0.1) is 5.69 Å². The summed E-state index contributed by atoms with van der Waals surface area (Å²) < 4.78 is 1.87. The van der Waals surface area contributed by atoms with Crippen molar-refractivity contribution in [3.8, 4) is 5.69 Å². The Morgan fingerprint density at radius 1 is 1.08 bits per heavy atom. The van der Waals surface area contributed by atoms with Crippen molar-refractivity contribution in [1.29, 1.82) is 5.41 Å². The van der Waals surface area contributed by atoms with E-state index in [4.69, 9.17) is 22.8 Å². The molecule has 6 N–H and O–H groups in total. The van der Waals surface area contributed by atoms with Gasteiger partial charge in [0.2, 0.25) is 0 Å². The van der Waals surface area contributed by atoms with Gasteiger partial charge < -0.3 is 32.1 Å². The number of nitrogens with one attached hydrogen (secondary N) is 4. The minimum atomic E-state index is 0. The predicted octanol–water partition coefficient (Wildman–Crippen LogP) is 10.1. The first kappa shape index (κ1) is 46.9. The molecule has 0 atom stereocenters. The molecule has 1 aromatic heterocycles. The number of hydrogen-bond donors (Lipinski definition) is 5. The predicted molar refractivity (Wildman–Crippen MR) is 220 cm³/mol. The molecule has 1 fully saturated rings. The summed E-state index contributed by atoms with van der Waals surface area (Å²) in [6.45, 7) is 19.8. The molecule has 0 aliphatic heterocycles. The molecule has 0 unspecified atom stereocenters. The fourth-order valence-electron chi connectivity index (χ4n) is 4.37. The number of anilines is 4. The summed E-state index contributed by atoms with van der Waals surface area (Å²) in [5.74, 6) is 1.65. The Morgan fingerprint density at radius 2 is 1.75 bits per heavy atom.